The van der Waals surface area contributed by atoms with E-state index in [0.29, 0.717) is 5.41 Å². The van der Waals surface area contributed by atoms with E-state index in [9.17, 15) is 4.39 Å². The zero-order valence-electron chi connectivity index (χ0n) is 12.0. The van der Waals surface area contributed by atoms with E-state index in [1.54, 1.807) is 12.1 Å². The molecule has 2 N–H and O–H groups in total. The van der Waals surface area contributed by atoms with Crippen molar-refractivity contribution in [1.82, 2.24) is 0 Å². The molecule has 1 nitrogen and oxygen atoms in total. The maximum Gasteiger partial charge on any atom is 0.123 e. The van der Waals surface area contributed by atoms with Crippen LogP contribution < -0.4 is 5.73 Å². The van der Waals surface area contributed by atoms with Gasteiger partial charge in [0.25, 0.3) is 0 Å². The molecule has 0 unspecified atom stereocenters. The van der Waals surface area contributed by atoms with Gasteiger partial charge in [0.05, 0.1) is 0 Å². The first-order valence-corrected chi connectivity index (χ1v) is 8.62. The highest BCUT2D eigenvalue weighted by atomic mass is 32.2. The second-order valence-electron chi connectivity index (χ2n) is 6.71. The Morgan fingerprint density at radius 3 is 2.15 bits per heavy atom. The SMILES string of the molecule is NCC1(Sc2ccc(F)cc2)CC2(CCCCCC2)C1. The Morgan fingerprint density at radius 2 is 1.60 bits per heavy atom. The molecule has 0 radical (unpaired) electrons. The minimum atomic E-state index is -0.162. The average molecular weight is 293 g/mol. The highest BCUT2D eigenvalue weighted by Crippen LogP contribution is 2.62. The number of halogens is 1. The molecule has 0 aliphatic heterocycles. The minimum absolute atomic E-state index is 0.162. The van der Waals surface area contributed by atoms with Crippen LogP contribution >= 0.6 is 11.8 Å². The Kier molecular flexibility index (Phi) is 4.09. The third-order valence-electron chi connectivity index (χ3n) is 5.08. The van der Waals surface area contributed by atoms with E-state index in [1.165, 1.54) is 51.4 Å². The predicted octanol–water partition coefficient (Wildman–Crippen LogP) is 4.75. The lowest BCUT2D eigenvalue weighted by molar-refractivity contribution is 0.0659. The summed E-state index contributed by atoms with van der Waals surface area (Å²) in [4.78, 5) is 1.15. The summed E-state index contributed by atoms with van der Waals surface area (Å²) in [5.41, 5.74) is 6.65. The maximum absolute atomic E-state index is 13.0. The maximum atomic E-state index is 13.0. The molecule has 20 heavy (non-hydrogen) atoms. The molecule has 0 atom stereocenters. The van der Waals surface area contributed by atoms with Gasteiger partial charge in [-0.3, -0.25) is 0 Å². The van der Waals surface area contributed by atoms with Crippen LogP contribution in [-0.2, 0) is 0 Å². The minimum Gasteiger partial charge on any atom is -0.329 e. The summed E-state index contributed by atoms with van der Waals surface area (Å²) < 4.78 is 13.2. The molecule has 2 saturated carbocycles. The Bertz CT molecular complexity index is 441. The van der Waals surface area contributed by atoms with E-state index in [4.69, 9.17) is 5.73 Å². The zero-order valence-corrected chi connectivity index (χ0v) is 12.9. The summed E-state index contributed by atoms with van der Waals surface area (Å²) in [5.74, 6) is -0.162. The van der Waals surface area contributed by atoms with E-state index >= 15 is 0 Å². The van der Waals surface area contributed by atoms with Crippen LogP contribution in [0.1, 0.15) is 51.4 Å². The largest absolute Gasteiger partial charge is 0.329 e. The second-order valence-corrected chi connectivity index (χ2v) is 8.25. The molecule has 1 aromatic carbocycles. The van der Waals surface area contributed by atoms with Gasteiger partial charge in [0.15, 0.2) is 0 Å². The van der Waals surface area contributed by atoms with Crippen LogP contribution in [0, 0.1) is 11.2 Å². The van der Waals surface area contributed by atoms with Gasteiger partial charge in [0, 0.05) is 16.2 Å². The third kappa shape index (κ3) is 2.89. The second kappa shape index (κ2) is 5.69. The molecular formula is C17H24FNS. The van der Waals surface area contributed by atoms with Crippen LogP contribution in [0.2, 0.25) is 0 Å². The molecule has 3 heteroatoms. The molecule has 0 aromatic heterocycles. The van der Waals surface area contributed by atoms with Gasteiger partial charge in [-0.15, -0.1) is 11.8 Å². The number of hydrogen-bond acceptors (Lipinski definition) is 2. The van der Waals surface area contributed by atoms with E-state index < -0.39 is 0 Å². The standard InChI is InChI=1S/C17H24FNS/c18-14-5-7-15(8-6-14)20-17(13-19)11-16(12-17)9-3-1-2-4-10-16/h5-8H,1-4,9-13,19H2. The monoisotopic (exact) mass is 293 g/mol. The molecule has 1 spiro atoms. The average Bonchev–Trinajstić information content (AvgIpc) is 2.66. The van der Waals surface area contributed by atoms with E-state index in [0.717, 1.165) is 11.4 Å². The summed E-state index contributed by atoms with van der Waals surface area (Å²) in [7, 11) is 0. The quantitative estimate of drug-likeness (QED) is 0.870. The van der Waals surface area contributed by atoms with Crippen LogP contribution in [0.4, 0.5) is 4.39 Å². The molecule has 1 aromatic rings. The fourth-order valence-electron chi connectivity index (χ4n) is 4.16. The first-order chi connectivity index (χ1) is 9.65. The number of nitrogens with two attached hydrogens (primary N) is 1. The Balaban J connectivity index is 1.67. The van der Waals surface area contributed by atoms with E-state index in [-0.39, 0.29) is 10.6 Å². The summed E-state index contributed by atoms with van der Waals surface area (Å²) in [5, 5.41) is 0. The van der Waals surface area contributed by atoms with Crippen LogP contribution in [0.5, 0.6) is 0 Å². The van der Waals surface area contributed by atoms with Crippen LogP contribution in [0.3, 0.4) is 0 Å². The molecule has 0 saturated heterocycles. The smallest absolute Gasteiger partial charge is 0.123 e. The molecule has 2 aliphatic rings. The Morgan fingerprint density at radius 1 is 1.00 bits per heavy atom. The summed E-state index contributed by atoms with van der Waals surface area (Å²) in [6.07, 6.45) is 10.9. The molecular weight excluding hydrogens is 269 g/mol. The first kappa shape index (κ1) is 14.4. The third-order valence-corrected chi connectivity index (χ3v) is 6.47. The lowest BCUT2D eigenvalue weighted by Gasteiger charge is -2.56. The van der Waals surface area contributed by atoms with E-state index in [1.807, 2.05) is 23.9 Å². The van der Waals surface area contributed by atoms with Crippen molar-refractivity contribution in [2.75, 3.05) is 6.54 Å². The molecule has 2 aliphatic carbocycles. The lowest BCUT2D eigenvalue weighted by Crippen LogP contribution is -2.53. The van der Waals surface area contributed by atoms with Crippen molar-refractivity contribution in [1.29, 1.82) is 0 Å². The summed E-state index contributed by atoms with van der Waals surface area (Å²) in [6.45, 7) is 0.733. The Labute approximate surface area is 125 Å². The molecule has 110 valence electrons. The van der Waals surface area contributed by atoms with Crippen LogP contribution in [-0.4, -0.2) is 11.3 Å². The summed E-state index contributed by atoms with van der Waals surface area (Å²) >= 11 is 1.87. The molecule has 0 heterocycles. The summed E-state index contributed by atoms with van der Waals surface area (Å²) in [6, 6.07) is 6.87. The van der Waals surface area contributed by atoms with Gasteiger partial charge in [-0.25, -0.2) is 4.39 Å². The molecule has 3 rings (SSSR count). The van der Waals surface area contributed by atoms with Crippen molar-refractivity contribution in [3.8, 4) is 0 Å². The lowest BCUT2D eigenvalue weighted by atomic mass is 9.58. The van der Waals surface area contributed by atoms with Crippen molar-refractivity contribution in [3.63, 3.8) is 0 Å². The van der Waals surface area contributed by atoms with Crippen molar-refractivity contribution >= 4 is 11.8 Å². The van der Waals surface area contributed by atoms with Gasteiger partial charge < -0.3 is 5.73 Å². The number of thioether (sulfide) groups is 1. The van der Waals surface area contributed by atoms with Gasteiger partial charge in [-0.2, -0.15) is 0 Å². The molecule has 0 bridgehead atoms. The predicted molar refractivity (Wildman–Crippen MR) is 83.4 cm³/mol. The van der Waals surface area contributed by atoms with E-state index in [2.05, 4.69) is 0 Å². The number of rotatable bonds is 3. The topological polar surface area (TPSA) is 26.0 Å². The van der Waals surface area contributed by atoms with Crippen LogP contribution in [0.15, 0.2) is 29.2 Å². The van der Waals surface area contributed by atoms with Crippen molar-refractivity contribution in [2.45, 2.75) is 61.0 Å². The number of benzene rings is 1. The van der Waals surface area contributed by atoms with Gasteiger partial charge in [0.2, 0.25) is 0 Å². The molecule has 0 amide bonds. The van der Waals surface area contributed by atoms with Gasteiger partial charge in [0.1, 0.15) is 5.82 Å². The first-order valence-electron chi connectivity index (χ1n) is 7.80. The fraction of sp³-hybridized carbons (Fsp3) is 0.647. The van der Waals surface area contributed by atoms with Crippen LogP contribution in [0.25, 0.3) is 0 Å². The van der Waals surface area contributed by atoms with Crippen molar-refractivity contribution in [2.24, 2.45) is 11.1 Å². The van der Waals surface area contributed by atoms with Gasteiger partial charge in [-0.1, -0.05) is 25.7 Å². The number of hydrogen-bond donors (Lipinski definition) is 1. The zero-order chi connectivity index (χ0) is 14.1. The Hall–Kier alpha value is -0.540. The fourth-order valence-corrected chi connectivity index (χ4v) is 5.77. The molecule has 2 fully saturated rings. The van der Waals surface area contributed by atoms with Crippen molar-refractivity contribution < 1.29 is 4.39 Å². The normalized spacial score (nSPS) is 24.1. The van der Waals surface area contributed by atoms with Gasteiger partial charge >= 0.3 is 0 Å². The van der Waals surface area contributed by atoms with Crippen molar-refractivity contribution in [3.05, 3.63) is 30.1 Å². The van der Waals surface area contributed by atoms with Gasteiger partial charge in [-0.05, 0) is 55.4 Å². The highest BCUT2D eigenvalue weighted by Gasteiger charge is 2.53. The highest BCUT2D eigenvalue weighted by molar-refractivity contribution is 8.00.